The number of halogens is 1. The highest BCUT2D eigenvalue weighted by atomic mass is 35.5. The van der Waals surface area contributed by atoms with Gasteiger partial charge in [-0.05, 0) is 78.2 Å². The Labute approximate surface area is 152 Å². The lowest BCUT2D eigenvalue weighted by atomic mass is 9.69. The number of hydrogen-bond donors (Lipinski definition) is 0. The molecule has 2 aromatic carbocycles. The van der Waals surface area contributed by atoms with Crippen LogP contribution in [0.5, 0.6) is 0 Å². The molecule has 0 aliphatic heterocycles. The van der Waals surface area contributed by atoms with Gasteiger partial charge in [-0.15, -0.1) is 0 Å². The molecule has 24 heavy (non-hydrogen) atoms. The minimum absolute atomic E-state index is 0.464. The van der Waals surface area contributed by atoms with Gasteiger partial charge in [0.15, 0.2) is 0 Å². The maximum absolute atomic E-state index is 6.04. The quantitative estimate of drug-likeness (QED) is 0.546. The van der Waals surface area contributed by atoms with E-state index in [2.05, 4.69) is 57.2 Å². The third kappa shape index (κ3) is 4.22. The summed E-state index contributed by atoms with van der Waals surface area (Å²) in [5.74, 6) is 1.72. The van der Waals surface area contributed by atoms with Crippen molar-refractivity contribution in [3.05, 3.63) is 59.1 Å². The molecule has 1 aliphatic carbocycles. The van der Waals surface area contributed by atoms with Crippen molar-refractivity contribution in [2.75, 3.05) is 0 Å². The van der Waals surface area contributed by atoms with E-state index in [0.717, 1.165) is 16.9 Å². The molecule has 0 atom stereocenters. The third-order valence-electron chi connectivity index (χ3n) is 5.75. The van der Waals surface area contributed by atoms with Gasteiger partial charge in [-0.25, -0.2) is 0 Å². The van der Waals surface area contributed by atoms with Gasteiger partial charge in [0.05, 0.1) is 0 Å². The fraction of sp³-hybridized carbons (Fsp3) is 0.478. The fourth-order valence-corrected chi connectivity index (χ4v) is 4.28. The Kier molecular flexibility index (Phi) is 5.35. The number of benzene rings is 2. The lowest BCUT2D eigenvalue weighted by molar-refractivity contribution is 0.150. The molecule has 0 nitrogen and oxygen atoms in total. The maximum atomic E-state index is 6.04. The lowest BCUT2D eigenvalue weighted by Gasteiger charge is -2.37. The zero-order valence-corrected chi connectivity index (χ0v) is 15.9. The third-order valence-corrected chi connectivity index (χ3v) is 6.00. The average Bonchev–Trinajstić information content (AvgIpc) is 2.56. The van der Waals surface area contributed by atoms with Crippen molar-refractivity contribution >= 4 is 11.6 Å². The molecule has 2 aromatic rings. The van der Waals surface area contributed by atoms with Crippen molar-refractivity contribution in [2.45, 2.75) is 52.9 Å². The molecule has 0 bridgehead atoms. The van der Waals surface area contributed by atoms with Gasteiger partial charge in [-0.1, -0.05) is 68.8 Å². The van der Waals surface area contributed by atoms with Crippen molar-refractivity contribution in [1.29, 1.82) is 0 Å². The van der Waals surface area contributed by atoms with E-state index in [4.69, 9.17) is 11.6 Å². The van der Waals surface area contributed by atoms with Crippen LogP contribution in [0.4, 0.5) is 0 Å². The Hall–Kier alpha value is -1.27. The molecule has 0 unspecified atom stereocenters. The summed E-state index contributed by atoms with van der Waals surface area (Å²) in [4.78, 5) is 0. The summed E-state index contributed by atoms with van der Waals surface area (Å²) in [5, 5.41) is 0.803. The number of hydrogen-bond acceptors (Lipinski definition) is 0. The molecule has 3 rings (SSSR count). The van der Waals surface area contributed by atoms with E-state index < -0.39 is 0 Å². The zero-order valence-electron chi connectivity index (χ0n) is 15.2. The second kappa shape index (κ2) is 7.31. The van der Waals surface area contributed by atoms with Crippen molar-refractivity contribution in [1.82, 2.24) is 0 Å². The molecule has 0 heterocycles. The molecule has 0 saturated heterocycles. The largest absolute Gasteiger partial charge is 0.0843 e. The van der Waals surface area contributed by atoms with Crippen LogP contribution in [0.3, 0.4) is 0 Å². The van der Waals surface area contributed by atoms with E-state index in [1.807, 2.05) is 12.1 Å². The first-order chi connectivity index (χ1) is 11.4. The molecule has 0 aromatic heterocycles. The topological polar surface area (TPSA) is 0 Å². The highest BCUT2D eigenvalue weighted by molar-refractivity contribution is 6.30. The Morgan fingerprint density at radius 1 is 0.875 bits per heavy atom. The van der Waals surface area contributed by atoms with E-state index in [9.17, 15) is 0 Å². The molecule has 0 spiro atoms. The molecule has 1 heteroatoms. The average molecular weight is 341 g/mol. The molecule has 0 N–H and O–H groups in total. The normalized spacial score (nSPS) is 21.7. The number of rotatable bonds is 3. The maximum Gasteiger partial charge on any atom is 0.0406 e. The highest BCUT2D eigenvalue weighted by Crippen LogP contribution is 2.41. The Balaban J connectivity index is 1.72. The van der Waals surface area contributed by atoms with Crippen LogP contribution in [-0.4, -0.2) is 0 Å². The van der Waals surface area contributed by atoms with Gasteiger partial charge >= 0.3 is 0 Å². The van der Waals surface area contributed by atoms with Crippen LogP contribution in [0.25, 0.3) is 11.1 Å². The summed E-state index contributed by atoms with van der Waals surface area (Å²) < 4.78 is 0. The van der Waals surface area contributed by atoms with Crippen LogP contribution in [0.1, 0.15) is 52.0 Å². The van der Waals surface area contributed by atoms with E-state index >= 15 is 0 Å². The van der Waals surface area contributed by atoms with Crippen molar-refractivity contribution < 1.29 is 0 Å². The van der Waals surface area contributed by atoms with Crippen LogP contribution in [0.2, 0.25) is 5.02 Å². The van der Waals surface area contributed by atoms with Crippen molar-refractivity contribution in [3.8, 4) is 11.1 Å². The lowest BCUT2D eigenvalue weighted by Crippen LogP contribution is -2.26. The van der Waals surface area contributed by atoms with Gasteiger partial charge in [0, 0.05) is 5.02 Å². The Morgan fingerprint density at radius 2 is 1.50 bits per heavy atom. The first-order valence-corrected chi connectivity index (χ1v) is 9.65. The molecular weight excluding hydrogens is 312 g/mol. The molecule has 1 saturated carbocycles. The predicted molar refractivity (Wildman–Crippen MR) is 105 cm³/mol. The van der Waals surface area contributed by atoms with Gasteiger partial charge in [0.1, 0.15) is 0 Å². The zero-order chi connectivity index (χ0) is 17.2. The second-order valence-electron chi connectivity index (χ2n) is 8.45. The van der Waals surface area contributed by atoms with E-state index in [1.165, 1.54) is 48.8 Å². The van der Waals surface area contributed by atoms with Gasteiger partial charge < -0.3 is 0 Å². The summed E-state index contributed by atoms with van der Waals surface area (Å²) in [7, 11) is 0. The van der Waals surface area contributed by atoms with Crippen LogP contribution in [-0.2, 0) is 6.42 Å². The summed E-state index contributed by atoms with van der Waals surface area (Å²) in [5.41, 5.74) is 4.59. The molecular formula is C23H29Cl. The Morgan fingerprint density at radius 3 is 2.12 bits per heavy atom. The molecule has 0 amide bonds. The van der Waals surface area contributed by atoms with Gasteiger partial charge in [-0.3, -0.25) is 0 Å². The van der Waals surface area contributed by atoms with E-state index in [1.54, 1.807) is 0 Å². The van der Waals surface area contributed by atoms with Crippen LogP contribution in [0, 0.1) is 17.3 Å². The van der Waals surface area contributed by atoms with Crippen LogP contribution < -0.4 is 0 Å². The van der Waals surface area contributed by atoms with Gasteiger partial charge in [0.25, 0.3) is 0 Å². The second-order valence-corrected chi connectivity index (χ2v) is 8.89. The standard InChI is InChI=1S/C23H29Cl/c1-23(2,3)20-12-8-17(9-13-20)16-19-6-4-5-7-22(19)18-10-14-21(24)15-11-18/h4-7,10-11,14-15,17,20H,8-9,12-13,16H2,1-3H3. The van der Waals surface area contributed by atoms with Crippen LogP contribution >= 0.6 is 11.6 Å². The smallest absolute Gasteiger partial charge is 0.0406 e. The first-order valence-electron chi connectivity index (χ1n) is 9.27. The summed E-state index contributed by atoms with van der Waals surface area (Å²) >= 11 is 6.04. The molecule has 1 fully saturated rings. The van der Waals surface area contributed by atoms with E-state index in [-0.39, 0.29) is 0 Å². The van der Waals surface area contributed by atoms with Gasteiger partial charge in [0.2, 0.25) is 0 Å². The summed E-state index contributed by atoms with van der Waals surface area (Å²) in [6.07, 6.45) is 6.72. The monoisotopic (exact) mass is 340 g/mol. The highest BCUT2D eigenvalue weighted by Gasteiger charge is 2.29. The molecule has 128 valence electrons. The van der Waals surface area contributed by atoms with Gasteiger partial charge in [-0.2, -0.15) is 0 Å². The minimum atomic E-state index is 0.464. The molecule has 0 radical (unpaired) electrons. The van der Waals surface area contributed by atoms with Crippen molar-refractivity contribution in [2.24, 2.45) is 17.3 Å². The first kappa shape index (κ1) is 17.5. The fourth-order valence-electron chi connectivity index (χ4n) is 4.15. The molecule has 1 aliphatic rings. The minimum Gasteiger partial charge on any atom is -0.0843 e. The van der Waals surface area contributed by atoms with Crippen LogP contribution in [0.15, 0.2) is 48.5 Å². The van der Waals surface area contributed by atoms with Crippen molar-refractivity contribution in [3.63, 3.8) is 0 Å². The van der Waals surface area contributed by atoms with E-state index in [0.29, 0.717) is 5.41 Å². The summed E-state index contributed by atoms with van der Waals surface area (Å²) in [6, 6.07) is 17.1. The summed E-state index contributed by atoms with van der Waals surface area (Å²) in [6.45, 7) is 7.19. The Bertz CT molecular complexity index is 655. The SMILES string of the molecule is CC(C)(C)C1CCC(Cc2ccccc2-c2ccc(Cl)cc2)CC1. The predicted octanol–water partition coefficient (Wildman–Crippen LogP) is 7.40.